The standard InChI is InChI=1S/C12H18N2O3/c1-8-11(17-9(2)13-8)12(16)14-5-3-4-10(6-14)7-15/h10,15H,3-7H2,1-2H3. The zero-order chi connectivity index (χ0) is 12.4. The molecule has 17 heavy (non-hydrogen) atoms. The number of aliphatic hydroxyl groups excluding tert-OH is 1. The largest absolute Gasteiger partial charge is 0.436 e. The van der Waals surface area contributed by atoms with Crippen LogP contribution in [0.15, 0.2) is 4.42 Å². The van der Waals surface area contributed by atoms with Gasteiger partial charge in [-0.3, -0.25) is 4.79 Å². The van der Waals surface area contributed by atoms with Crippen LogP contribution in [0.2, 0.25) is 0 Å². The molecular weight excluding hydrogens is 220 g/mol. The first-order chi connectivity index (χ1) is 8.11. The average molecular weight is 238 g/mol. The van der Waals surface area contributed by atoms with Gasteiger partial charge >= 0.3 is 0 Å². The first-order valence-electron chi connectivity index (χ1n) is 5.96. The summed E-state index contributed by atoms with van der Waals surface area (Å²) < 4.78 is 5.33. The lowest BCUT2D eigenvalue weighted by Crippen LogP contribution is -2.41. The van der Waals surface area contributed by atoms with Gasteiger partial charge in [-0.2, -0.15) is 0 Å². The molecule has 5 heteroatoms. The summed E-state index contributed by atoms with van der Waals surface area (Å²) in [5.74, 6) is 0.931. The third-order valence-corrected chi connectivity index (χ3v) is 3.16. The average Bonchev–Trinajstić information content (AvgIpc) is 2.67. The summed E-state index contributed by atoms with van der Waals surface area (Å²) in [5, 5.41) is 9.15. The number of oxazole rings is 1. The van der Waals surface area contributed by atoms with Gasteiger partial charge in [-0.15, -0.1) is 0 Å². The van der Waals surface area contributed by atoms with Crippen molar-refractivity contribution in [2.75, 3.05) is 19.7 Å². The number of aryl methyl sites for hydroxylation is 2. The molecule has 0 saturated carbocycles. The van der Waals surface area contributed by atoms with Crippen LogP contribution in [0.1, 0.15) is 35.0 Å². The van der Waals surface area contributed by atoms with Gasteiger partial charge in [-0.1, -0.05) is 0 Å². The van der Waals surface area contributed by atoms with Gasteiger partial charge in [0.1, 0.15) is 0 Å². The molecule has 0 bridgehead atoms. The first-order valence-corrected chi connectivity index (χ1v) is 5.96. The van der Waals surface area contributed by atoms with Crippen molar-refractivity contribution in [3.8, 4) is 0 Å². The van der Waals surface area contributed by atoms with Crippen LogP contribution in [0.3, 0.4) is 0 Å². The molecule has 1 amide bonds. The van der Waals surface area contributed by atoms with Crippen LogP contribution in [-0.4, -0.2) is 40.6 Å². The lowest BCUT2D eigenvalue weighted by Gasteiger charge is -2.31. The number of nitrogens with zero attached hydrogens (tertiary/aromatic N) is 2. The van der Waals surface area contributed by atoms with E-state index in [1.807, 2.05) is 0 Å². The monoisotopic (exact) mass is 238 g/mol. The Hall–Kier alpha value is -1.36. The molecule has 1 atom stereocenters. The van der Waals surface area contributed by atoms with Crippen LogP contribution in [0.5, 0.6) is 0 Å². The van der Waals surface area contributed by atoms with Crippen LogP contribution in [0.4, 0.5) is 0 Å². The highest BCUT2D eigenvalue weighted by Crippen LogP contribution is 2.19. The van der Waals surface area contributed by atoms with Crippen LogP contribution in [-0.2, 0) is 0 Å². The van der Waals surface area contributed by atoms with E-state index in [-0.39, 0.29) is 18.4 Å². The molecule has 2 heterocycles. The second-order valence-corrected chi connectivity index (χ2v) is 4.59. The van der Waals surface area contributed by atoms with E-state index >= 15 is 0 Å². The Morgan fingerprint density at radius 3 is 2.94 bits per heavy atom. The van der Waals surface area contributed by atoms with E-state index in [4.69, 9.17) is 9.52 Å². The molecule has 0 radical (unpaired) electrons. The quantitative estimate of drug-likeness (QED) is 0.839. The lowest BCUT2D eigenvalue weighted by molar-refractivity contribution is 0.0588. The maximum Gasteiger partial charge on any atom is 0.291 e. The minimum absolute atomic E-state index is 0.110. The summed E-state index contributed by atoms with van der Waals surface area (Å²) in [4.78, 5) is 18.1. The predicted octanol–water partition coefficient (Wildman–Crippen LogP) is 1.14. The van der Waals surface area contributed by atoms with Crippen molar-refractivity contribution in [3.05, 3.63) is 17.3 Å². The molecule has 5 nitrogen and oxygen atoms in total. The van der Waals surface area contributed by atoms with Crippen molar-refractivity contribution in [1.29, 1.82) is 0 Å². The fourth-order valence-electron chi connectivity index (χ4n) is 2.27. The van der Waals surface area contributed by atoms with Crippen LogP contribution >= 0.6 is 0 Å². The van der Waals surface area contributed by atoms with Crippen LogP contribution in [0, 0.1) is 19.8 Å². The highest BCUT2D eigenvalue weighted by Gasteiger charge is 2.27. The van der Waals surface area contributed by atoms with E-state index in [0.717, 1.165) is 19.4 Å². The number of carbonyl (C=O) groups excluding carboxylic acids is 1. The maximum absolute atomic E-state index is 12.2. The molecule has 1 aromatic heterocycles. The molecule has 0 spiro atoms. The van der Waals surface area contributed by atoms with E-state index in [2.05, 4.69) is 4.98 Å². The van der Waals surface area contributed by atoms with Gasteiger partial charge in [0.2, 0.25) is 5.76 Å². The Kier molecular flexibility index (Phi) is 3.47. The number of likely N-dealkylation sites (tertiary alicyclic amines) is 1. The van der Waals surface area contributed by atoms with Gasteiger partial charge < -0.3 is 14.4 Å². The maximum atomic E-state index is 12.2. The highest BCUT2D eigenvalue weighted by molar-refractivity contribution is 5.92. The Morgan fingerprint density at radius 2 is 2.35 bits per heavy atom. The minimum atomic E-state index is -0.110. The Morgan fingerprint density at radius 1 is 1.59 bits per heavy atom. The van der Waals surface area contributed by atoms with Gasteiger partial charge in [-0.25, -0.2) is 4.98 Å². The number of hydrogen-bond acceptors (Lipinski definition) is 4. The van der Waals surface area contributed by atoms with Crippen molar-refractivity contribution in [3.63, 3.8) is 0 Å². The molecule has 2 rings (SSSR count). The number of aromatic nitrogens is 1. The van der Waals surface area contributed by atoms with Crippen molar-refractivity contribution in [1.82, 2.24) is 9.88 Å². The van der Waals surface area contributed by atoms with Crippen LogP contribution < -0.4 is 0 Å². The number of rotatable bonds is 2. The number of aliphatic hydroxyl groups is 1. The second-order valence-electron chi connectivity index (χ2n) is 4.59. The van der Waals surface area contributed by atoms with Gasteiger partial charge in [0.15, 0.2) is 5.89 Å². The zero-order valence-electron chi connectivity index (χ0n) is 10.3. The third-order valence-electron chi connectivity index (χ3n) is 3.16. The van der Waals surface area contributed by atoms with E-state index in [1.54, 1.807) is 18.7 Å². The molecule has 1 aromatic rings. The van der Waals surface area contributed by atoms with Crippen molar-refractivity contribution in [2.24, 2.45) is 5.92 Å². The topological polar surface area (TPSA) is 66.6 Å². The smallest absolute Gasteiger partial charge is 0.291 e. The number of carbonyl (C=O) groups is 1. The Labute approximate surface area is 100 Å². The van der Waals surface area contributed by atoms with Crippen LogP contribution in [0.25, 0.3) is 0 Å². The number of amides is 1. The molecule has 1 saturated heterocycles. The van der Waals surface area contributed by atoms with E-state index in [1.165, 1.54) is 0 Å². The molecule has 1 fully saturated rings. The first kappa shape index (κ1) is 12.1. The van der Waals surface area contributed by atoms with Gasteiger partial charge in [-0.05, 0) is 25.7 Å². The fourth-order valence-corrected chi connectivity index (χ4v) is 2.27. The van der Waals surface area contributed by atoms with Gasteiger partial charge in [0, 0.05) is 26.6 Å². The lowest BCUT2D eigenvalue weighted by atomic mass is 9.99. The van der Waals surface area contributed by atoms with Gasteiger partial charge in [0.25, 0.3) is 5.91 Å². The van der Waals surface area contributed by atoms with Crippen molar-refractivity contribution < 1.29 is 14.3 Å². The number of hydrogen-bond donors (Lipinski definition) is 1. The summed E-state index contributed by atoms with van der Waals surface area (Å²) >= 11 is 0. The molecule has 0 aliphatic carbocycles. The normalized spacial score (nSPS) is 20.6. The third kappa shape index (κ3) is 2.49. The molecule has 1 unspecified atom stereocenters. The van der Waals surface area contributed by atoms with Crippen molar-refractivity contribution in [2.45, 2.75) is 26.7 Å². The highest BCUT2D eigenvalue weighted by atomic mass is 16.4. The van der Waals surface area contributed by atoms with Gasteiger partial charge in [0.05, 0.1) is 5.69 Å². The summed E-state index contributed by atoms with van der Waals surface area (Å²) in [6.07, 6.45) is 1.91. The van der Waals surface area contributed by atoms with Crippen molar-refractivity contribution >= 4 is 5.91 Å². The molecule has 0 aromatic carbocycles. The fraction of sp³-hybridized carbons (Fsp3) is 0.667. The summed E-state index contributed by atoms with van der Waals surface area (Å²) in [5.41, 5.74) is 0.638. The Bertz CT molecular complexity index is 414. The number of piperidine rings is 1. The Balaban J connectivity index is 2.12. The summed E-state index contributed by atoms with van der Waals surface area (Å²) in [7, 11) is 0. The van der Waals surface area contributed by atoms with E-state index in [9.17, 15) is 4.79 Å². The summed E-state index contributed by atoms with van der Waals surface area (Å²) in [6.45, 7) is 4.98. The zero-order valence-corrected chi connectivity index (χ0v) is 10.3. The molecule has 94 valence electrons. The minimum Gasteiger partial charge on any atom is -0.436 e. The molecular formula is C12H18N2O3. The molecule has 1 N–H and O–H groups in total. The van der Waals surface area contributed by atoms with E-state index in [0.29, 0.717) is 23.9 Å². The second kappa shape index (κ2) is 4.87. The van der Waals surface area contributed by atoms with E-state index < -0.39 is 0 Å². The predicted molar refractivity (Wildman–Crippen MR) is 61.7 cm³/mol. The molecule has 1 aliphatic rings. The summed E-state index contributed by atoms with van der Waals surface area (Å²) in [6, 6.07) is 0. The SMILES string of the molecule is Cc1nc(C)c(C(=O)N2CCCC(CO)C2)o1. The molecule has 1 aliphatic heterocycles.